The summed E-state index contributed by atoms with van der Waals surface area (Å²) in [7, 11) is 0. The first-order valence-corrected chi connectivity index (χ1v) is 16.9. The number of hydrogen-bond donors (Lipinski definition) is 0. The summed E-state index contributed by atoms with van der Waals surface area (Å²) in [5.74, 6) is 0. The van der Waals surface area contributed by atoms with Gasteiger partial charge in [-0.15, -0.1) is 0 Å². The molecule has 0 saturated carbocycles. The van der Waals surface area contributed by atoms with Gasteiger partial charge >= 0.3 is 0 Å². The van der Waals surface area contributed by atoms with Gasteiger partial charge in [-0.05, 0) is 106 Å². The van der Waals surface area contributed by atoms with Crippen LogP contribution in [0.15, 0.2) is 213 Å². The zero-order valence-corrected chi connectivity index (χ0v) is 28.7. The largest absolute Gasteiger partial charge is 0.456 e. The van der Waals surface area contributed by atoms with E-state index in [2.05, 4.69) is 0 Å². The zero-order valence-electron chi connectivity index (χ0n) is 61.7. The van der Waals surface area contributed by atoms with E-state index in [1.165, 1.54) is 0 Å². The third-order valence-electron chi connectivity index (χ3n) is 9.10. The number of fused-ring (bicyclic) bond motifs is 9. The lowest BCUT2D eigenvalue weighted by Gasteiger charge is -2.26. The quantitative estimate of drug-likeness (QED) is 0.169. The molecule has 0 aliphatic heterocycles. The van der Waals surface area contributed by atoms with Crippen molar-refractivity contribution in [2.75, 3.05) is 4.90 Å². The Kier molecular flexibility index (Phi) is 3.04. The zero-order chi connectivity index (χ0) is 66.9. The van der Waals surface area contributed by atoms with Crippen LogP contribution >= 0.6 is 0 Å². The highest BCUT2D eigenvalue weighted by atomic mass is 16.3. The molecule has 0 atom stereocenters. The minimum Gasteiger partial charge on any atom is -0.456 e. The molecule has 12 aromatic rings. The monoisotopic (exact) mass is 776 g/mol. The second-order valence-corrected chi connectivity index (χ2v) is 12.3. The second-order valence-electron chi connectivity index (χ2n) is 12.3. The van der Waals surface area contributed by atoms with Crippen molar-refractivity contribution in [3.63, 3.8) is 0 Å². The maximum Gasteiger partial charge on any atom is 0.136 e. The maximum atomic E-state index is 9.80. The van der Waals surface area contributed by atoms with E-state index in [-0.39, 0.29) is 4.90 Å². The fourth-order valence-electron chi connectivity index (χ4n) is 6.61. The van der Waals surface area contributed by atoms with E-state index >= 15 is 0 Å². The van der Waals surface area contributed by atoms with Crippen LogP contribution in [0.1, 0.15) is 45.2 Å². The third-order valence-corrected chi connectivity index (χ3v) is 9.10. The average Bonchev–Trinajstić information content (AvgIpc) is 1.71. The first-order valence-electron chi connectivity index (χ1n) is 33.4. The van der Waals surface area contributed by atoms with Crippen LogP contribution in [0.25, 0.3) is 99.2 Å². The minimum absolute atomic E-state index is 0.274. The standard InChI is InChI=1S/C54H33NO3/c1-4-16-46-43(10-1)52-40(13-7-19-49(52)56-46)34-22-28-37(29-23-34)55(38-30-24-35(25-31-38)41-14-8-20-50-53(41)44-11-2-5-17-47(44)57-50)39-32-26-36(27-33-39)42-15-9-21-51-54(42)45-12-3-6-18-48(45)58-51/h1-33H/i1D,2D,3D,4D,5D,6D,7D,8D,9D,10D,11D,12D,13D,14D,15D,16D,17D,18D,19D,20D,21D,22D,23D,24D,25D,26D,27D,28D,29D,30D,31D,32D,33D. The van der Waals surface area contributed by atoms with Crippen LogP contribution in [0.3, 0.4) is 0 Å². The van der Waals surface area contributed by atoms with Crippen LogP contribution in [0, 0.1) is 0 Å². The Morgan fingerprint density at radius 1 is 0.276 bits per heavy atom. The average molecular weight is 777 g/mol. The molecule has 58 heavy (non-hydrogen) atoms. The van der Waals surface area contributed by atoms with Crippen molar-refractivity contribution in [3.8, 4) is 33.4 Å². The summed E-state index contributed by atoms with van der Waals surface area (Å²) in [6.45, 7) is 0. The highest BCUT2D eigenvalue weighted by Crippen LogP contribution is 2.43. The van der Waals surface area contributed by atoms with Crippen LogP contribution in [-0.2, 0) is 0 Å². The van der Waals surface area contributed by atoms with Gasteiger partial charge in [-0.1, -0.05) is 127 Å². The molecule has 0 saturated heterocycles. The number of para-hydroxylation sites is 3. The molecular weight excluding hydrogens is 711 g/mol. The molecule has 272 valence electrons. The van der Waals surface area contributed by atoms with E-state index in [1.807, 2.05) is 0 Å². The lowest BCUT2D eigenvalue weighted by atomic mass is 9.98. The Balaban J connectivity index is 1.23. The summed E-state index contributed by atoms with van der Waals surface area (Å²) in [4.78, 5) is 0.274. The minimum atomic E-state index is -1.33. The topological polar surface area (TPSA) is 42.7 Å². The molecule has 0 bridgehead atoms. The summed E-state index contributed by atoms with van der Waals surface area (Å²) >= 11 is 0. The summed E-state index contributed by atoms with van der Waals surface area (Å²) in [5, 5.41) is -3.23. The number of rotatable bonds is 6. The van der Waals surface area contributed by atoms with Crippen molar-refractivity contribution in [1.29, 1.82) is 0 Å². The highest BCUT2D eigenvalue weighted by Gasteiger charge is 2.18. The van der Waals surface area contributed by atoms with Crippen LogP contribution in [0.4, 0.5) is 17.1 Å². The molecule has 0 N–H and O–H groups in total. The Bertz CT molecular complexity index is 4860. The molecule has 4 nitrogen and oxygen atoms in total. The van der Waals surface area contributed by atoms with Gasteiger partial charge in [-0.2, -0.15) is 0 Å². The first kappa shape index (κ1) is 13.7. The molecular formula is C54H33NO3. The molecule has 0 spiro atoms. The normalized spacial score (nSPS) is 19.8. The lowest BCUT2D eigenvalue weighted by Crippen LogP contribution is -2.09. The van der Waals surface area contributed by atoms with Gasteiger partial charge in [0.05, 0.1) is 45.2 Å². The highest BCUT2D eigenvalue weighted by molar-refractivity contribution is 6.14. The molecule has 0 fully saturated rings. The van der Waals surface area contributed by atoms with E-state index in [9.17, 15) is 20.6 Å². The predicted octanol–water partition coefficient (Wildman–Crippen LogP) is 15.9. The summed E-state index contributed by atoms with van der Waals surface area (Å²) in [6.07, 6.45) is 0. The lowest BCUT2D eigenvalue weighted by molar-refractivity contribution is 0.668. The van der Waals surface area contributed by atoms with E-state index in [0.717, 1.165) is 0 Å². The summed E-state index contributed by atoms with van der Waals surface area (Å²) < 4.78 is 317. The number of furan rings is 3. The third kappa shape index (κ3) is 5.09. The molecule has 0 amide bonds. The van der Waals surface area contributed by atoms with Gasteiger partial charge in [0.15, 0.2) is 0 Å². The van der Waals surface area contributed by atoms with Crippen molar-refractivity contribution in [3.05, 3.63) is 199 Å². The van der Waals surface area contributed by atoms with Crippen LogP contribution < -0.4 is 4.90 Å². The smallest absolute Gasteiger partial charge is 0.136 e. The van der Waals surface area contributed by atoms with E-state index in [4.69, 9.17) is 37.9 Å². The number of nitrogens with zero attached hydrogens (tertiary/aromatic N) is 1. The Morgan fingerprint density at radius 3 is 0.862 bits per heavy atom. The molecule has 3 heterocycles. The SMILES string of the molecule is [2H]c1c([2H])c(N(c2c([2H])c([2H])c(-c3c([2H])c([2H])c([2H])c4oc5c([2H])c([2H])c([2H])c([2H])c5c34)c([2H])c2[2H])c2c([2H])c([2H])c(-c3c([2H])c([2H])c([2H])c4oc5c([2H])c([2H])c([2H])c([2H])c5c34)c([2H])c2[2H])c([2H])c([2H])c1-c1c([2H])c([2H])c([2H])c2oc3c([2H])c([2H])c([2H])c([2H])c3c12. The maximum absolute atomic E-state index is 9.80. The van der Waals surface area contributed by atoms with Crippen molar-refractivity contribution >= 4 is 82.9 Å². The van der Waals surface area contributed by atoms with Gasteiger partial charge in [-0.3, -0.25) is 0 Å². The van der Waals surface area contributed by atoms with E-state index < -0.39 is 316 Å². The molecule has 0 aliphatic carbocycles. The van der Waals surface area contributed by atoms with Crippen LogP contribution in [0.5, 0.6) is 0 Å². The summed E-state index contributed by atoms with van der Waals surface area (Å²) in [5.41, 5.74) is -12.6. The van der Waals surface area contributed by atoms with E-state index in [1.54, 1.807) is 0 Å². The molecule has 0 unspecified atom stereocenters. The van der Waals surface area contributed by atoms with Gasteiger partial charge in [0.25, 0.3) is 0 Å². The van der Waals surface area contributed by atoms with Crippen LogP contribution in [0.2, 0.25) is 0 Å². The Hall–Kier alpha value is -7.82. The fourth-order valence-corrected chi connectivity index (χ4v) is 6.61. The van der Waals surface area contributed by atoms with Gasteiger partial charge in [0, 0.05) is 49.4 Å². The van der Waals surface area contributed by atoms with Gasteiger partial charge in [-0.25, -0.2) is 0 Å². The van der Waals surface area contributed by atoms with Crippen molar-refractivity contribution in [2.45, 2.75) is 0 Å². The van der Waals surface area contributed by atoms with Crippen molar-refractivity contribution in [1.82, 2.24) is 0 Å². The van der Waals surface area contributed by atoms with E-state index in [0.29, 0.717) is 0 Å². The van der Waals surface area contributed by atoms with Crippen molar-refractivity contribution < 1.29 is 58.5 Å². The summed E-state index contributed by atoms with van der Waals surface area (Å²) in [6, 6.07) is -33.7. The molecule has 3 aromatic heterocycles. The fraction of sp³-hybridized carbons (Fsp3) is 0. The number of benzene rings is 9. The number of anilines is 3. The van der Waals surface area contributed by atoms with Gasteiger partial charge in [0.2, 0.25) is 0 Å². The molecule has 0 radical (unpaired) electrons. The molecule has 0 aliphatic rings. The second kappa shape index (κ2) is 12.9. The first-order chi connectivity index (χ1) is 42.5. The van der Waals surface area contributed by atoms with Crippen LogP contribution in [-0.4, -0.2) is 0 Å². The predicted molar refractivity (Wildman–Crippen MR) is 239 cm³/mol. The van der Waals surface area contributed by atoms with Crippen molar-refractivity contribution in [2.24, 2.45) is 0 Å². The Morgan fingerprint density at radius 2 is 0.552 bits per heavy atom. The van der Waals surface area contributed by atoms with Gasteiger partial charge < -0.3 is 18.2 Å². The molecule has 9 aromatic carbocycles. The number of hydrogen-bond acceptors (Lipinski definition) is 4. The van der Waals surface area contributed by atoms with Gasteiger partial charge in [0.1, 0.15) is 33.5 Å². The Labute approximate surface area is 379 Å². The molecule has 12 rings (SSSR count). The molecule has 4 heteroatoms.